The molecule has 2 amide bonds. The lowest BCUT2D eigenvalue weighted by atomic mass is 9.92. The molecule has 0 spiro atoms. The van der Waals surface area contributed by atoms with Crippen molar-refractivity contribution in [2.45, 2.75) is 83.3 Å². The van der Waals surface area contributed by atoms with Crippen molar-refractivity contribution in [2.24, 2.45) is 0 Å². The number of amides is 2. The Labute approximate surface area is 196 Å². The Hall–Kier alpha value is -2.54. The fraction of sp³-hybridized carbons (Fsp3) is 0.615. The van der Waals surface area contributed by atoms with Crippen LogP contribution in [0.2, 0.25) is 0 Å². The third kappa shape index (κ3) is 5.03. The molecular formula is C26H37N3O4. The van der Waals surface area contributed by atoms with E-state index in [0.29, 0.717) is 44.2 Å². The maximum absolute atomic E-state index is 13.8. The van der Waals surface area contributed by atoms with Crippen LogP contribution in [0.15, 0.2) is 34.9 Å². The summed E-state index contributed by atoms with van der Waals surface area (Å²) >= 11 is 0. The van der Waals surface area contributed by atoms with Gasteiger partial charge in [0.15, 0.2) is 0 Å². The Morgan fingerprint density at radius 3 is 2.58 bits per heavy atom. The van der Waals surface area contributed by atoms with E-state index >= 15 is 0 Å². The molecule has 1 N–H and O–H groups in total. The van der Waals surface area contributed by atoms with E-state index in [1.807, 2.05) is 42.7 Å². The van der Waals surface area contributed by atoms with Gasteiger partial charge in [0, 0.05) is 25.8 Å². The van der Waals surface area contributed by atoms with Gasteiger partial charge in [0.1, 0.15) is 17.0 Å². The van der Waals surface area contributed by atoms with Gasteiger partial charge in [-0.05, 0) is 57.4 Å². The summed E-state index contributed by atoms with van der Waals surface area (Å²) in [6.07, 6.45) is 10.4. The molecule has 2 aromatic heterocycles. The standard InChI is InChI=1S/C26H37N3O4/c1-3-32-17-10-16-29-24(30)22-15-14-21(23-13-9-18-33-23)28(22)19-26(29,2)25(31)27-20-11-7-5-4-6-8-12-20/h9,13-15,18,20H,3-8,10-12,16-17,19H2,1-2H3,(H,27,31)/t26-/m0/s1. The van der Waals surface area contributed by atoms with Crippen LogP contribution in [0, 0.1) is 0 Å². The molecule has 4 rings (SSSR count). The number of rotatable bonds is 8. The highest BCUT2D eigenvalue weighted by Gasteiger charge is 2.48. The molecule has 1 aliphatic carbocycles. The number of ether oxygens (including phenoxy) is 1. The van der Waals surface area contributed by atoms with Crippen LogP contribution >= 0.6 is 0 Å². The third-order valence-electron chi connectivity index (χ3n) is 7.08. The molecule has 1 atom stereocenters. The summed E-state index contributed by atoms with van der Waals surface area (Å²) in [6, 6.07) is 7.63. The molecule has 0 bridgehead atoms. The number of nitrogens with zero attached hydrogens (tertiary/aromatic N) is 2. The molecule has 1 fully saturated rings. The van der Waals surface area contributed by atoms with E-state index in [9.17, 15) is 9.59 Å². The first-order chi connectivity index (χ1) is 16.0. The summed E-state index contributed by atoms with van der Waals surface area (Å²) in [4.78, 5) is 29.2. The Kier molecular flexibility index (Phi) is 7.58. The molecule has 7 nitrogen and oxygen atoms in total. The van der Waals surface area contributed by atoms with E-state index in [0.717, 1.165) is 31.4 Å². The average molecular weight is 456 g/mol. The van der Waals surface area contributed by atoms with Crippen LogP contribution in [-0.4, -0.2) is 52.6 Å². The summed E-state index contributed by atoms with van der Waals surface area (Å²) in [5.41, 5.74) is 0.426. The molecule has 33 heavy (non-hydrogen) atoms. The van der Waals surface area contributed by atoms with Crippen molar-refractivity contribution in [1.29, 1.82) is 0 Å². The molecular weight excluding hydrogens is 418 g/mol. The van der Waals surface area contributed by atoms with Crippen LogP contribution in [0.5, 0.6) is 0 Å². The van der Waals surface area contributed by atoms with E-state index in [2.05, 4.69) is 5.32 Å². The minimum Gasteiger partial charge on any atom is -0.463 e. The van der Waals surface area contributed by atoms with Crippen molar-refractivity contribution < 1.29 is 18.7 Å². The van der Waals surface area contributed by atoms with Crippen LogP contribution in [0.1, 0.15) is 75.7 Å². The van der Waals surface area contributed by atoms with E-state index in [1.54, 1.807) is 11.2 Å². The van der Waals surface area contributed by atoms with Gasteiger partial charge in [0.05, 0.1) is 18.5 Å². The van der Waals surface area contributed by atoms with E-state index < -0.39 is 5.54 Å². The zero-order chi connectivity index (χ0) is 23.3. The van der Waals surface area contributed by atoms with Crippen LogP contribution in [0.3, 0.4) is 0 Å². The van der Waals surface area contributed by atoms with Crippen LogP contribution < -0.4 is 5.32 Å². The van der Waals surface area contributed by atoms with Gasteiger partial charge in [0.25, 0.3) is 5.91 Å². The molecule has 2 aromatic rings. The van der Waals surface area contributed by atoms with Crippen molar-refractivity contribution in [3.8, 4) is 11.5 Å². The summed E-state index contributed by atoms with van der Waals surface area (Å²) in [5.74, 6) is 0.509. The van der Waals surface area contributed by atoms with Crippen LogP contribution in [0.4, 0.5) is 0 Å². The number of nitrogens with one attached hydrogen (secondary N) is 1. The van der Waals surface area contributed by atoms with Gasteiger partial charge in [-0.2, -0.15) is 0 Å². The Morgan fingerprint density at radius 1 is 1.15 bits per heavy atom. The van der Waals surface area contributed by atoms with Crippen LogP contribution in [-0.2, 0) is 16.1 Å². The maximum Gasteiger partial charge on any atom is 0.271 e. The van der Waals surface area contributed by atoms with Gasteiger partial charge in [-0.1, -0.05) is 32.1 Å². The van der Waals surface area contributed by atoms with Crippen molar-refractivity contribution in [3.05, 3.63) is 36.2 Å². The zero-order valence-electron chi connectivity index (χ0n) is 20.0. The molecule has 0 unspecified atom stereocenters. The predicted octanol–water partition coefficient (Wildman–Crippen LogP) is 4.62. The van der Waals surface area contributed by atoms with Gasteiger partial charge >= 0.3 is 0 Å². The summed E-state index contributed by atoms with van der Waals surface area (Å²) in [5, 5.41) is 3.33. The largest absolute Gasteiger partial charge is 0.463 e. The molecule has 0 aromatic carbocycles. The highest BCUT2D eigenvalue weighted by atomic mass is 16.5. The van der Waals surface area contributed by atoms with Crippen LogP contribution in [0.25, 0.3) is 11.5 Å². The monoisotopic (exact) mass is 455 g/mol. The first-order valence-corrected chi connectivity index (χ1v) is 12.5. The van der Waals surface area contributed by atoms with Crippen molar-refractivity contribution in [3.63, 3.8) is 0 Å². The molecule has 0 radical (unpaired) electrons. The summed E-state index contributed by atoms with van der Waals surface area (Å²) in [7, 11) is 0. The second-order valence-electron chi connectivity index (χ2n) is 9.46. The number of fused-ring (bicyclic) bond motifs is 1. The molecule has 180 valence electrons. The van der Waals surface area contributed by atoms with Gasteiger partial charge in [0.2, 0.25) is 5.91 Å². The predicted molar refractivity (Wildman–Crippen MR) is 127 cm³/mol. The summed E-state index contributed by atoms with van der Waals surface area (Å²) in [6.45, 7) is 5.95. The number of aromatic nitrogens is 1. The summed E-state index contributed by atoms with van der Waals surface area (Å²) < 4.78 is 13.1. The van der Waals surface area contributed by atoms with Crippen molar-refractivity contribution >= 4 is 11.8 Å². The first-order valence-electron chi connectivity index (χ1n) is 12.5. The quantitative estimate of drug-likeness (QED) is 0.590. The lowest BCUT2D eigenvalue weighted by Gasteiger charge is -2.45. The molecule has 0 saturated heterocycles. The molecule has 1 aliphatic heterocycles. The normalized spacial score (nSPS) is 22.0. The van der Waals surface area contributed by atoms with Gasteiger partial charge in [-0.25, -0.2) is 0 Å². The number of hydrogen-bond acceptors (Lipinski definition) is 4. The van der Waals surface area contributed by atoms with Gasteiger partial charge in [-0.3, -0.25) is 9.59 Å². The molecule has 7 heteroatoms. The minimum atomic E-state index is -0.987. The average Bonchev–Trinajstić information content (AvgIpc) is 3.44. The maximum atomic E-state index is 13.8. The second-order valence-corrected chi connectivity index (χ2v) is 9.46. The Balaban J connectivity index is 1.61. The van der Waals surface area contributed by atoms with Crippen molar-refractivity contribution in [1.82, 2.24) is 14.8 Å². The number of hydrogen-bond donors (Lipinski definition) is 1. The Morgan fingerprint density at radius 2 is 1.88 bits per heavy atom. The molecule has 3 heterocycles. The smallest absolute Gasteiger partial charge is 0.271 e. The first kappa shape index (κ1) is 23.6. The fourth-order valence-corrected chi connectivity index (χ4v) is 5.17. The topological polar surface area (TPSA) is 76.7 Å². The third-order valence-corrected chi connectivity index (χ3v) is 7.08. The highest BCUT2D eigenvalue weighted by molar-refractivity contribution is 6.00. The van der Waals surface area contributed by atoms with E-state index in [-0.39, 0.29) is 17.9 Å². The number of carbonyl (C=O) groups is 2. The zero-order valence-corrected chi connectivity index (χ0v) is 20.0. The lowest BCUT2D eigenvalue weighted by Crippen LogP contribution is -2.65. The minimum absolute atomic E-state index is 0.0671. The van der Waals surface area contributed by atoms with E-state index in [1.165, 1.54) is 19.3 Å². The molecule has 2 aliphatic rings. The highest BCUT2D eigenvalue weighted by Crippen LogP contribution is 2.33. The molecule has 1 saturated carbocycles. The SMILES string of the molecule is CCOCCCN1C(=O)c2ccc(-c3ccco3)n2C[C@@]1(C)C(=O)NC1CCCCCCC1. The van der Waals surface area contributed by atoms with Crippen molar-refractivity contribution in [2.75, 3.05) is 19.8 Å². The Bertz CT molecular complexity index is 927. The number of carbonyl (C=O) groups excluding carboxylic acids is 2. The second kappa shape index (κ2) is 10.6. The van der Waals surface area contributed by atoms with E-state index in [4.69, 9.17) is 9.15 Å². The van der Waals surface area contributed by atoms with Gasteiger partial charge in [-0.15, -0.1) is 0 Å². The lowest BCUT2D eigenvalue weighted by molar-refractivity contribution is -0.133. The fourth-order valence-electron chi connectivity index (χ4n) is 5.17. The number of furan rings is 1. The van der Waals surface area contributed by atoms with Gasteiger partial charge < -0.3 is 23.9 Å².